The van der Waals surface area contributed by atoms with E-state index in [2.05, 4.69) is 26.1 Å². The van der Waals surface area contributed by atoms with E-state index in [0.29, 0.717) is 11.9 Å². The van der Waals surface area contributed by atoms with Gasteiger partial charge in [0.2, 0.25) is 0 Å². The first-order chi connectivity index (χ1) is 12.4. The van der Waals surface area contributed by atoms with Crippen LogP contribution in [-0.4, -0.2) is 32.6 Å². The third-order valence-corrected chi connectivity index (χ3v) is 4.80. The average Bonchev–Trinajstić information content (AvgIpc) is 3.31. The Hall–Kier alpha value is -2.53. The smallest absolute Gasteiger partial charge is 0.257 e. The van der Waals surface area contributed by atoms with Gasteiger partial charge in [-0.15, -0.1) is 0 Å². The SMILES string of the molecule is c1ccc(-c2nc(CCC3CCCN3Cc3cccnc3)no2)cc1. The topological polar surface area (TPSA) is 55.1 Å². The summed E-state index contributed by atoms with van der Waals surface area (Å²) >= 11 is 0. The van der Waals surface area contributed by atoms with Gasteiger partial charge >= 0.3 is 0 Å². The lowest BCUT2D eigenvalue weighted by atomic mass is 10.1. The van der Waals surface area contributed by atoms with Crippen molar-refractivity contribution in [2.45, 2.75) is 38.3 Å². The Balaban J connectivity index is 1.35. The summed E-state index contributed by atoms with van der Waals surface area (Å²) in [4.78, 5) is 11.3. The molecule has 0 saturated carbocycles. The van der Waals surface area contributed by atoms with Crippen LogP contribution < -0.4 is 0 Å². The van der Waals surface area contributed by atoms with Crippen LogP contribution in [-0.2, 0) is 13.0 Å². The first-order valence-electron chi connectivity index (χ1n) is 8.89. The molecule has 0 N–H and O–H groups in total. The average molecular weight is 334 g/mol. The summed E-state index contributed by atoms with van der Waals surface area (Å²) in [7, 11) is 0. The van der Waals surface area contributed by atoms with Gasteiger partial charge in [0.1, 0.15) is 0 Å². The minimum absolute atomic E-state index is 0.582. The maximum Gasteiger partial charge on any atom is 0.257 e. The zero-order valence-electron chi connectivity index (χ0n) is 14.2. The number of rotatable bonds is 6. The molecule has 0 bridgehead atoms. The second-order valence-corrected chi connectivity index (χ2v) is 6.55. The fourth-order valence-corrected chi connectivity index (χ4v) is 3.51. The summed E-state index contributed by atoms with van der Waals surface area (Å²) < 4.78 is 5.41. The van der Waals surface area contributed by atoms with E-state index in [0.717, 1.165) is 37.3 Å². The molecule has 1 saturated heterocycles. The molecule has 0 radical (unpaired) electrons. The zero-order valence-corrected chi connectivity index (χ0v) is 14.2. The van der Waals surface area contributed by atoms with Gasteiger partial charge in [-0.2, -0.15) is 4.98 Å². The van der Waals surface area contributed by atoms with Crippen molar-refractivity contribution < 1.29 is 4.52 Å². The first-order valence-corrected chi connectivity index (χ1v) is 8.89. The highest BCUT2D eigenvalue weighted by Crippen LogP contribution is 2.24. The quantitative estimate of drug-likeness (QED) is 0.687. The van der Waals surface area contributed by atoms with Gasteiger partial charge in [-0.05, 0) is 49.6 Å². The number of hydrogen-bond acceptors (Lipinski definition) is 5. The Morgan fingerprint density at radius 1 is 1.12 bits per heavy atom. The monoisotopic (exact) mass is 334 g/mol. The minimum atomic E-state index is 0.582. The summed E-state index contributed by atoms with van der Waals surface area (Å²) in [5.41, 5.74) is 2.25. The molecule has 25 heavy (non-hydrogen) atoms. The van der Waals surface area contributed by atoms with Crippen molar-refractivity contribution in [2.24, 2.45) is 0 Å². The largest absolute Gasteiger partial charge is 0.334 e. The number of hydrogen-bond donors (Lipinski definition) is 0. The molecule has 0 amide bonds. The number of benzene rings is 1. The number of nitrogens with zero attached hydrogens (tertiary/aromatic N) is 4. The molecular formula is C20H22N4O. The lowest BCUT2D eigenvalue weighted by molar-refractivity contribution is 0.233. The predicted molar refractivity (Wildman–Crippen MR) is 95.7 cm³/mol. The maximum absolute atomic E-state index is 5.41. The molecule has 1 fully saturated rings. The Bertz CT molecular complexity index is 788. The Kier molecular flexibility index (Phi) is 4.84. The lowest BCUT2D eigenvalue weighted by Gasteiger charge is -2.23. The summed E-state index contributed by atoms with van der Waals surface area (Å²) in [5.74, 6) is 1.40. The summed E-state index contributed by atoms with van der Waals surface area (Å²) in [6.45, 7) is 2.13. The minimum Gasteiger partial charge on any atom is -0.334 e. The van der Waals surface area contributed by atoms with Gasteiger partial charge in [-0.25, -0.2) is 0 Å². The molecular weight excluding hydrogens is 312 g/mol. The molecule has 3 aromatic rings. The third kappa shape index (κ3) is 3.94. The highest BCUT2D eigenvalue weighted by Gasteiger charge is 2.24. The van der Waals surface area contributed by atoms with E-state index in [4.69, 9.17) is 4.52 Å². The van der Waals surface area contributed by atoms with Crippen LogP contribution >= 0.6 is 0 Å². The fraction of sp³-hybridized carbons (Fsp3) is 0.350. The number of aryl methyl sites for hydroxylation is 1. The van der Waals surface area contributed by atoms with E-state index in [1.165, 1.54) is 18.4 Å². The Morgan fingerprint density at radius 3 is 2.88 bits per heavy atom. The van der Waals surface area contributed by atoms with Gasteiger partial charge < -0.3 is 4.52 Å². The molecule has 5 heteroatoms. The van der Waals surface area contributed by atoms with E-state index >= 15 is 0 Å². The van der Waals surface area contributed by atoms with Crippen LogP contribution in [0.4, 0.5) is 0 Å². The second kappa shape index (κ2) is 7.57. The van der Waals surface area contributed by atoms with Crippen molar-refractivity contribution >= 4 is 0 Å². The van der Waals surface area contributed by atoms with E-state index in [1.54, 1.807) is 0 Å². The lowest BCUT2D eigenvalue weighted by Crippen LogP contribution is -2.29. The highest BCUT2D eigenvalue weighted by molar-refractivity contribution is 5.51. The van der Waals surface area contributed by atoms with Crippen LogP contribution in [0, 0.1) is 0 Å². The van der Waals surface area contributed by atoms with Crippen molar-refractivity contribution in [1.29, 1.82) is 0 Å². The third-order valence-electron chi connectivity index (χ3n) is 4.80. The van der Waals surface area contributed by atoms with E-state index in [9.17, 15) is 0 Å². The van der Waals surface area contributed by atoms with Gasteiger partial charge in [0, 0.05) is 37.0 Å². The predicted octanol–water partition coefficient (Wildman–Crippen LogP) is 3.73. The van der Waals surface area contributed by atoms with Crippen LogP contribution in [0.3, 0.4) is 0 Å². The van der Waals surface area contributed by atoms with Gasteiger partial charge in [0.25, 0.3) is 5.89 Å². The molecule has 128 valence electrons. The highest BCUT2D eigenvalue weighted by atomic mass is 16.5. The van der Waals surface area contributed by atoms with E-state index in [1.807, 2.05) is 48.8 Å². The molecule has 1 unspecified atom stereocenters. The van der Waals surface area contributed by atoms with Crippen molar-refractivity contribution in [3.05, 3.63) is 66.2 Å². The number of aromatic nitrogens is 3. The van der Waals surface area contributed by atoms with Crippen molar-refractivity contribution in [3.8, 4) is 11.5 Å². The summed E-state index contributed by atoms with van der Waals surface area (Å²) in [5, 5.41) is 4.15. The van der Waals surface area contributed by atoms with Crippen LogP contribution in [0.25, 0.3) is 11.5 Å². The molecule has 1 aliphatic heterocycles. The van der Waals surface area contributed by atoms with E-state index < -0.39 is 0 Å². The first kappa shape index (κ1) is 16.0. The van der Waals surface area contributed by atoms with Crippen molar-refractivity contribution in [3.63, 3.8) is 0 Å². The molecule has 1 atom stereocenters. The summed E-state index contributed by atoms with van der Waals surface area (Å²) in [6, 6.07) is 14.7. The zero-order chi connectivity index (χ0) is 16.9. The van der Waals surface area contributed by atoms with Gasteiger partial charge in [-0.3, -0.25) is 9.88 Å². The maximum atomic E-state index is 5.41. The van der Waals surface area contributed by atoms with Crippen molar-refractivity contribution in [1.82, 2.24) is 20.0 Å². The van der Waals surface area contributed by atoms with Crippen LogP contribution in [0.15, 0.2) is 59.4 Å². The fourth-order valence-electron chi connectivity index (χ4n) is 3.51. The normalized spacial score (nSPS) is 17.8. The van der Waals surface area contributed by atoms with E-state index in [-0.39, 0.29) is 0 Å². The van der Waals surface area contributed by atoms with Gasteiger partial charge in [0.05, 0.1) is 0 Å². The van der Waals surface area contributed by atoms with Crippen molar-refractivity contribution in [2.75, 3.05) is 6.54 Å². The van der Waals surface area contributed by atoms with Gasteiger partial charge in [-0.1, -0.05) is 29.4 Å². The molecule has 1 aliphatic rings. The summed E-state index contributed by atoms with van der Waals surface area (Å²) in [6.07, 6.45) is 8.20. The van der Waals surface area contributed by atoms with Gasteiger partial charge in [0.15, 0.2) is 5.82 Å². The van der Waals surface area contributed by atoms with Crippen LogP contribution in [0.2, 0.25) is 0 Å². The number of likely N-dealkylation sites (tertiary alicyclic amines) is 1. The molecule has 0 aliphatic carbocycles. The molecule has 2 aromatic heterocycles. The molecule has 5 nitrogen and oxygen atoms in total. The standard InChI is InChI=1S/C20H22N4O/c1-2-7-17(8-3-1)20-22-19(23-25-20)11-10-18-9-5-13-24(18)15-16-6-4-12-21-14-16/h1-4,6-8,12,14,18H,5,9-11,13,15H2. The van der Waals surface area contributed by atoms with Crippen LogP contribution in [0.5, 0.6) is 0 Å². The molecule has 0 spiro atoms. The Labute approximate surface area is 147 Å². The molecule has 4 rings (SSSR count). The molecule has 1 aromatic carbocycles. The number of pyridine rings is 1. The Morgan fingerprint density at radius 2 is 2.04 bits per heavy atom. The van der Waals surface area contributed by atoms with Crippen LogP contribution in [0.1, 0.15) is 30.7 Å². The molecule has 3 heterocycles. The second-order valence-electron chi connectivity index (χ2n) is 6.55.